The molecule has 0 N–H and O–H groups in total. The van der Waals surface area contributed by atoms with Gasteiger partial charge in [0.05, 0.1) is 6.54 Å². The molecule has 4 rings (SSSR count). The van der Waals surface area contributed by atoms with Crippen LogP contribution in [0.1, 0.15) is 24.1 Å². The molecule has 0 atom stereocenters. The number of likely N-dealkylation sites (tertiary alicyclic amines) is 1. The van der Waals surface area contributed by atoms with Crippen LogP contribution >= 0.6 is 0 Å². The molecule has 0 unspecified atom stereocenters. The number of benzene rings is 1. The van der Waals surface area contributed by atoms with E-state index in [4.69, 9.17) is 0 Å². The summed E-state index contributed by atoms with van der Waals surface area (Å²) in [7, 11) is 0. The number of nitrogens with zero attached hydrogens (tertiary/aromatic N) is 5. The van der Waals surface area contributed by atoms with E-state index in [9.17, 15) is 18.0 Å². The number of halogens is 3. The Morgan fingerprint density at radius 3 is 2.31 bits per heavy atom. The molecule has 2 aromatic rings. The van der Waals surface area contributed by atoms with Crippen molar-refractivity contribution in [2.75, 3.05) is 50.7 Å². The number of hydrogen-bond acceptors (Lipinski definition) is 5. The number of rotatable bonds is 5. The van der Waals surface area contributed by atoms with Gasteiger partial charge in [0, 0.05) is 45.3 Å². The van der Waals surface area contributed by atoms with Crippen LogP contribution in [0.15, 0.2) is 42.7 Å². The molecule has 2 saturated heterocycles. The van der Waals surface area contributed by atoms with Gasteiger partial charge in [-0.3, -0.25) is 9.69 Å². The fraction of sp³-hybridized carbons (Fsp3) is 0.522. The summed E-state index contributed by atoms with van der Waals surface area (Å²) in [6, 6.07) is 11.4. The normalized spacial score (nSPS) is 18.7. The molecule has 0 radical (unpaired) electrons. The zero-order valence-electron chi connectivity index (χ0n) is 18.0. The Labute approximate surface area is 186 Å². The number of alkyl halides is 3. The Morgan fingerprint density at radius 1 is 0.969 bits per heavy atom. The lowest BCUT2D eigenvalue weighted by Crippen LogP contribution is -2.51. The van der Waals surface area contributed by atoms with E-state index in [1.54, 1.807) is 0 Å². The second-order valence-electron chi connectivity index (χ2n) is 8.54. The largest absolute Gasteiger partial charge is 0.433 e. The predicted octanol–water partition coefficient (Wildman–Crippen LogP) is 3.10. The summed E-state index contributed by atoms with van der Waals surface area (Å²) < 4.78 is 38.7. The molecule has 2 fully saturated rings. The van der Waals surface area contributed by atoms with E-state index in [-0.39, 0.29) is 11.7 Å². The van der Waals surface area contributed by atoms with Crippen LogP contribution < -0.4 is 4.90 Å². The van der Waals surface area contributed by atoms with Gasteiger partial charge in [-0.05, 0) is 30.7 Å². The Bertz CT molecular complexity index is 892. The minimum absolute atomic E-state index is 0.137. The van der Waals surface area contributed by atoms with Gasteiger partial charge in [0.1, 0.15) is 17.8 Å². The third-order valence-corrected chi connectivity index (χ3v) is 6.33. The molecule has 0 bridgehead atoms. The number of amides is 1. The van der Waals surface area contributed by atoms with Crippen LogP contribution in [-0.4, -0.2) is 71.5 Å². The highest BCUT2D eigenvalue weighted by Gasteiger charge is 2.33. The van der Waals surface area contributed by atoms with Crippen molar-refractivity contribution in [3.05, 3.63) is 54.0 Å². The van der Waals surface area contributed by atoms with Crippen LogP contribution in [0.4, 0.5) is 19.0 Å². The molecule has 9 heteroatoms. The minimum atomic E-state index is -4.49. The monoisotopic (exact) mass is 447 g/mol. The highest BCUT2D eigenvalue weighted by atomic mass is 19.4. The second kappa shape index (κ2) is 9.85. The van der Waals surface area contributed by atoms with E-state index in [0.717, 1.165) is 44.7 Å². The summed E-state index contributed by atoms with van der Waals surface area (Å²) in [6.07, 6.45) is -0.437. The van der Waals surface area contributed by atoms with Crippen LogP contribution in [-0.2, 0) is 17.4 Å². The molecule has 0 spiro atoms. The van der Waals surface area contributed by atoms with Crippen molar-refractivity contribution in [3.8, 4) is 0 Å². The van der Waals surface area contributed by atoms with E-state index in [1.165, 1.54) is 5.56 Å². The third-order valence-electron chi connectivity index (χ3n) is 6.33. The molecule has 1 amide bonds. The first kappa shape index (κ1) is 22.5. The number of carbonyl (C=O) groups is 1. The van der Waals surface area contributed by atoms with Gasteiger partial charge in [-0.1, -0.05) is 30.3 Å². The Hall–Kier alpha value is -2.68. The van der Waals surface area contributed by atoms with Crippen molar-refractivity contribution in [1.29, 1.82) is 0 Å². The Morgan fingerprint density at radius 2 is 1.66 bits per heavy atom. The summed E-state index contributed by atoms with van der Waals surface area (Å²) in [5, 5.41) is 0. The number of carbonyl (C=O) groups excluding carboxylic acids is 1. The summed E-state index contributed by atoms with van der Waals surface area (Å²) >= 11 is 0. The van der Waals surface area contributed by atoms with Gasteiger partial charge in [-0.2, -0.15) is 13.2 Å². The predicted molar refractivity (Wildman–Crippen MR) is 115 cm³/mol. The van der Waals surface area contributed by atoms with Crippen molar-refractivity contribution in [2.45, 2.75) is 25.4 Å². The molecule has 1 aromatic carbocycles. The molecular weight excluding hydrogens is 419 g/mol. The van der Waals surface area contributed by atoms with Crippen LogP contribution in [0.25, 0.3) is 0 Å². The third kappa shape index (κ3) is 5.76. The molecule has 0 aliphatic carbocycles. The molecule has 2 aliphatic heterocycles. The Balaban J connectivity index is 1.21. The van der Waals surface area contributed by atoms with Gasteiger partial charge < -0.3 is 9.80 Å². The molecule has 6 nitrogen and oxygen atoms in total. The average molecular weight is 448 g/mol. The smallest absolute Gasteiger partial charge is 0.354 e. The van der Waals surface area contributed by atoms with Gasteiger partial charge in [-0.25, -0.2) is 9.97 Å². The summed E-state index contributed by atoms with van der Waals surface area (Å²) in [4.78, 5) is 25.9. The topological polar surface area (TPSA) is 52.6 Å². The molecule has 0 saturated carbocycles. The summed E-state index contributed by atoms with van der Waals surface area (Å²) in [6.45, 7) is 4.22. The summed E-state index contributed by atoms with van der Waals surface area (Å²) in [5.74, 6) is 1.02. The lowest BCUT2D eigenvalue weighted by molar-refractivity contribution is -0.141. The van der Waals surface area contributed by atoms with Crippen molar-refractivity contribution in [2.24, 2.45) is 5.92 Å². The Kier molecular flexibility index (Phi) is 6.93. The fourth-order valence-electron chi connectivity index (χ4n) is 4.44. The van der Waals surface area contributed by atoms with Crippen molar-refractivity contribution in [3.63, 3.8) is 0 Å². The molecular formula is C23H28F3N5O. The number of piperazine rings is 1. The zero-order chi connectivity index (χ0) is 22.6. The lowest BCUT2D eigenvalue weighted by atomic mass is 9.90. The van der Waals surface area contributed by atoms with Gasteiger partial charge in [0.2, 0.25) is 5.91 Å². The van der Waals surface area contributed by atoms with Gasteiger partial charge in [0.25, 0.3) is 0 Å². The van der Waals surface area contributed by atoms with Crippen molar-refractivity contribution in [1.82, 2.24) is 19.8 Å². The molecule has 32 heavy (non-hydrogen) atoms. The number of hydrogen-bond donors (Lipinski definition) is 0. The SMILES string of the molecule is O=C(CN1CCN(c2cc(C(F)(F)F)ncn2)CC1)N1CCC(Cc2ccccc2)CC1. The average Bonchev–Trinajstić information content (AvgIpc) is 2.80. The van der Waals surface area contributed by atoms with E-state index < -0.39 is 11.9 Å². The van der Waals surface area contributed by atoms with Crippen molar-refractivity contribution >= 4 is 11.7 Å². The summed E-state index contributed by atoms with van der Waals surface area (Å²) in [5.41, 5.74) is 0.414. The lowest BCUT2D eigenvalue weighted by Gasteiger charge is -2.37. The van der Waals surface area contributed by atoms with Crippen LogP contribution in [0, 0.1) is 5.92 Å². The van der Waals surface area contributed by atoms with Gasteiger partial charge >= 0.3 is 6.18 Å². The van der Waals surface area contributed by atoms with E-state index in [1.807, 2.05) is 15.9 Å². The minimum Gasteiger partial charge on any atom is -0.354 e. The maximum Gasteiger partial charge on any atom is 0.433 e. The van der Waals surface area contributed by atoms with Crippen LogP contribution in [0.3, 0.4) is 0 Å². The second-order valence-corrected chi connectivity index (χ2v) is 8.54. The first-order valence-electron chi connectivity index (χ1n) is 11.1. The highest BCUT2D eigenvalue weighted by molar-refractivity contribution is 5.78. The highest BCUT2D eigenvalue weighted by Crippen LogP contribution is 2.29. The number of anilines is 1. The van der Waals surface area contributed by atoms with E-state index in [0.29, 0.717) is 38.6 Å². The van der Waals surface area contributed by atoms with E-state index >= 15 is 0 Å². The number of aromatic nitrogens is 2. The van der Waals surface area contributed by atoms with Crippen LogP contribution in [0.5, 0.6) is 0 Å². The maximum atomic E-state index is 12.9. The van der Waals surface area contributed by atoms with Gasteiger partial charge in [0.15, 0.2) is 0 Å². The quantitative estimate of drug-likeness (QED) is 0.705. The molecule has 2 aliphatic rings. The van der Waals surface area contributed by atoms with Gasteiger partial charge in [-0.15, -0.1) is 0 Å². The fourth-order valence-corrected chi connectivity index (χ4v) is 4.44. The molecule has 1 aromatic heterocycles. The first-order chi connectivity index (χ1) is 15.4. The maximum absolute atomic E-state index is 12.9. The number of piperidine rings is 1. The van der Waals surface area contributed by atoms with E-state index in [2.05, 4.69) is 39.1 Å². The standard InChI is InChI=1S/C23H28F3N5O/c24-23(25,26)20-15-21(28-17-27-20)30-12-10-29(11-13-30)16-22(32)31-8-6-19(7-9-31)14-18-4-2-1-3-5-18/h1-5,15,17,19H,6-14,16H2. The van der Waals surface area contributed by atoms with Crippen molar-refractivity contribution < 1.29 is 18.0 Å². The van der Waals surface area contributed by atoms with Crippen LogP contribution in [0.2, 0.25) is 0 Å². The molecule has 172 valence electrons. The first-order valence-corrected chi connectivity index (χ1v) is 11.1. The molecule has 3 heterocycles. The zero-order valence-corrected chi connectivity index (χ0v) is 18.0.